The molecule has 0 bridgehead atoms. The van der Waals surface area contributed by atoms with Crippen LogP contribution in [0.15, 0.2) is 0 Å². The average Bonchev–Trinajstić information content (AvgIpc) is 2.01. The fourth-order valence-corrected chi connectivity index (χ4v) is 1.96. The second-order valence-electron chi connectivity index (χ2n) is 3.81. The third-order valence-electron chi connectivity index (χ3n) is 1.66. The van der Waals surface area contributed by atoms with E-state index in [0.29, 0.717) is 18.9 Å². The Morgan fingerprint density at radius 2 is 1.93 bits per heavy atom. The van der Waals surface area contributed by atoms with Crippen molar-refractivity contribution in [1.82, 2.24) is 0 Å². The van der Waals surface area contributed by atoms with Gasteiger partial charge in [-0.3, -0.25) is 9.05 Å². The van der Waals surface area contributed by atoms with Crippen LogP contribution in [0, 0.1) is 5.92 Å². The molecular formula is C9H21O5P. The van der Waals surface area contributed by atoms with Crippen molar-refractivity contribution in [3.63, 3.8) is 0 Å². The van der Waals surface area contributed by atoms with E-state index in [2.05, 4.69) is 0 Å². The van der Waals surface area contributed by atoms with E-state index in [1.807, 2.05) is 6.92 Å². The Morgan fingerprint density at radius 1 is 1.33 bits per heavy atom. The monoisotopic (exact) mass is 240 g/mol. The lowest BCUT2D eigenvalue weighted by Crippen LogP contribution is -2.08. The predicted molar refractivity (Wildman–Crippen MR) is 57.7 cm³/mol. The molecule has 0 aromatic carbocycles. The summed E-state index contributed by atoms with van der Waals surface area (Å²) in [4.78, 5) is 9.21. The summed E-state index contributed by atoms with van der Waals surface area (Å²) in [6.45, 7) is 6.16. The van der Waals surface area contributed by atoms with Gasteiger partial charge in [0.2, 0.25) is 0 Å². The van der Waals surface area contributed by atoms with Gasteiger partial charge in [0.05, 0.1) is 12.7 Å². The van der Waals surface area contributed by atoms with Gasteiger partial charge in [0.1, 0.15) is 0 Å². The van der Waals surface area contributed by atoms with E-state index in [9.17, 15) is 9.46 Å². The van der Waals surface area contributed by atoms with Crippen LogP contribution in [0.3, 0.4) is 0 Å². The summed E-state index contributed by atoms with van der Waals surface area (Å²) in [5.41, 5.74) is 0. The summed E-state index contributed by atoms with van der Waals surface area (Å²) in [6.07, 6.45) is 0.345. The zero-order valence-electron chi connectivity index (χ0n) is 9.80. The van der Waals surface area contributed by atoms with Crippen LogP contribution in [0.4, 0.5) is 0 Å². The number of phosphoric acid groups is 1. The fraction of sp³-hybridized carbons (Fsp3) is 1.00. The molecule has 0 aliphatic heterocycles. The van der Waals surface area contributed by atoms with E-state index >= 15 is 0 Å². The molecule has 0 amide bonds. The molecule has 6 heteroatoms. The van der Waals surface area contributed by atoms with Crippen LogP contribution < -0.4 is 0 Å². The van der Waals surface area contributed by atoms with E-state index in [4.69, 9.17) is 13.8 Å². The summed E-state index contributed by atoms with van der Waals surface area (Å²) >= 11 is 0. The predicted octanol–water partition coefficient (Wildman–Crippen LogP) is 2.20. The smallest absolute Gasteiger partial charge is 0.384 e. The topological polar surface area (TPSA) is 65.0 Å². The van der Waals surface area contributed by atoms with Crippen LogP contribution in [0.5, 0.6) is 0 Å². The average molecular weight is 240 g/mol. The molecule has 0 rings (SSSR count). The molecular weight excluding hydrogens is 219 g/mol. The summed E-state index contributed by atoms with van der Waals surface area (Å²) in [5.74, 6) is 0.300. The highest BCUT2D eigenvalue weighted by atomic mass is 31.2. The van der Waals surface area contributed by atoms with Gasteiger partial charge in [0.25, 0.3) is 0 Å². The zero-order chi connectivity index (χ0) is 11.9. The van der Waals surface area contributed by atoms with Crippen molar-refractivity contribution < 1.29 is 23.2 Å². The molecule has 2 atom stereocenters. The Balaban J connectivity index is 3.70. The quantitative estimate of drug-likeness (QED) is 0.659. The van der Waals surface area contributed by atoms with Crippen LogP contribution in [0.1, 0.15) is 27.2 Å². The molecule has 0 aliphatic rings. The molecule has 0 heterocycles. The fourth-order valence-electron chi connectivity index (χ4n) is 1.03. The molecule has 5 nitrogen and oxygen atoms in total. The van der Waals surface area contributed by atoms with Crippen molar-refractivity contribution in [3.05, 3.63) is 0 Å². The molecule has 0 aromatic rings. The first-order chi connectivity index (χ1) is 6.87. The molecule has 0 saturated carbocycles. The van der Waals surface area contributed by atoms with Gasteiger partial charge in [-0.1, -0.05) is 6.92 Å². The Hall–Kier alpha value is 0.0700. The number of ether oxygens (including phenoxy) is 1. The highest BCUT2D eigenvalue weighted by molar-refractivity contribution is 7.47. The Bertz CT molecular complexity index is 207. The first-order valence-electron chi connectivity index (χ1n) is 5.02. The number of rotatable bonds is 8. The second-order valence-corrected chi connectivity index (χ2v) is 5.21. The SMILES string of the molecule is COCC(C)CCOP(=O)(O)OC(C)C. The summed E-state index contributed by atoms with van der Waals surface area (Å²) < 4.78 is 25.7. The molecule has 0 aliphatic carbocycles. The largest absolute Gasteiger partial charge is 0.472 e. The number of hydrogen-bond acceptors (Lipinski definition) is 4. The van der Waals surface area contributed by atoms with Gasteiger partial charge < -0.3 is 9.63 Å². The zero-order valence-corrected chi connectivity index (χ0v) is 10.7. The van der Waals surface area contributed by atoms with Gasteiger partial charge in [-0.15, -0.1) is 0 Å². The molecule has 1 N–H and O–H groups in total. The van der Waals surface area contributed by atoms with E-state index in [1.165, 1.54) is 0 Å². The maximum atomic E-state index is 11.2. The number of methoxy groups -OCH3 is 1. The third kappa shape index (κ3) is 9.03. The Kier molecular flexibility index (Phi) is 7.40. The van der Waals surface area contributed by atoms with Crippen molar-refractivity contribution >= 4 is 7.82 Å². The molecule has 2 unspecified atom stereocenters. The van der Waals surface area contributed by atoms with E-state index in [0.717, 1.165) is 0 Å². The molecule has 92 valence electrons. The minimum Gasteiger partial charge on any atom is -0.384 e. The highest BCUT2D eigenvalue weighted by Gasteiger charge is 2.22. The molecule has 15 heavy (non-hydrogen) atoms. The molecule has 0 radical (unpaired) electrons. The van der Waals surface area contributed by atoms with Crippen LogP contribution in [0.2, 0.25) is 0 Å². The van der Waals surface area contributed by atoms with Gasteiger partial charge in [-0.05, 0) is 26.2 Å². The second kappa shape index (κ2) is 7.36. The standard InChI is InChI=1S/C9H21O5P/c1-8(2)14-15(10,11)13-6-5-9(3)7-12-4/h8-9H,5-7H2,1-4H3,(H,10,11). The van der Waals surface area contributed by atoms with Gasteiger partial charge in [0.15, 0.2) is 0 Å². The lowest BCUT2D eigenvalue weighted by atomic mass is 10.1. The lowest BCUT2D eigenvalue weighted by molar-refractivity contribution is 0.105. The minimum atomic E-state index is -3.86. The Morgan fingerprint density at radius 3 is 2.40 bits per heavy atom. The molecule has 0 aromatic heterocycles. The molecule has 0 spiro atoms. The normalized spacial score (nSPS) is 17.7. The number of hydrogen-bond donors (Lipinski definition) is 1. The maximum absolute atomic E-state index is 11.2. The van der Waals surface area contributed by atoms with Crippen molar-refractivity contribution in [2.75, 3.05) is 20.3 Å². The van der Waals surface area contributed by atoms with Crippen molar-refractivity contribution in [2.45, 2.75) is 33.3 Å². The highest BCUT2D eigenvalue weighted by Crippen LogP contribution is 2.44. The Labute approximate surface area is 91.3 Å². The summed E-state index contributed by atoms with van der Waals surface area (Å²) in [5, 5.41) is 0. The van der Waals surface area contributed by atoms with Crippen LogP contribution in [-0.2, 0) is 18.3 Å². The van der Waals surface area contributed by atoms with Crippen molar-refractivity contribution in [1.29, 1.82) is 0 Å². The van der Waals surface area contributed by atoms with Gasteiger partial charge in [0, 0.05) is 13.7 Å². The molecule has 0 saturated heterocycles. The van der Waals surface area contributed by atoms with Crippen molar-refractivity contribution in [3.8, 4) is 0 Å². The van der Waals surface area contributed by atoms with Crippen LogP contribution in [0.25, 0.3) is 0 Å². The van der Waals surface area contributed by atoms with Gasteiger partial charge in [-0.25, -0.2) is 4.57 Å². The molecule has 0 fully saturated rings. The van der Waals surface area contributed by atoms with Crippen LogP contribution in [-0.4, -0.2) is 31.3 Å². The third-order valence-corrected chi connectivity index (χ3v) is 2.86. The first-order valence-corrected chi connectivity index (χ1v) is 6.51. The first kappa shape index (κ1) is 15.1. The van der Waals surface area contributed by atoms with Crippen molar-refractivity contribution in [2.24, 2.45) is 5.92 Å². The van der Waals surface area contributed by atoms with Gasteiger partial charge in [-0.2, -0.15) is 0 Å². The van der Waals surface area contributed by atoms with Crippen LogP contribution >= 0.6 is 7.82 Å². The van der Waals surface area contributed by atoms with E-state index < -0.39 is 7.82 Å². The summed E-state index contributed by atoms with van der Waals surface area (Å²) in [6, 6.07) is 0. The number of phosphoric ester groups is 1. The van der Waals surface area contributed by atoms with E-state index in [1.54, 1.807) is 21.0 Å². The van der Waals surface area contributed by atoms with E-state index in [-0.39, 0.29) is 12.7 Å². The minimum absolute atomic E-state index is 0.199. The summed E-state index contributed by atoms with van der Waals surface area (Å²) in [7, 11) is -2.24. The maximum Gasteiger partial charge on any atom is 0.472 e. The van der Waals surface area contributed by atoms with Gasteiger partial charge >= 0.3 is 7.82 Å². The lowest BCUT2D eigenvalue weighted by Gasteiger charge is -2.15.